The molecule has 0 saturated heterocycles. The lowest BCUT2D eigenvalue weighted by Crippen LogP contribution is -2.30. The quantitative estimate of drug-likeness (QED) is 0.867. The van der Waals surface area contributed by atoms with E-state index >= 15 is 0 Å². The van der Waals surface area contributed by atoms with Crippen LogP contribution in [0, 0.1) is 12.3 Å². The molecule has 1 aromatic carbocycles. The SMILES string of the molecule is CCC1(CNC(=O)c2cc(S(N)(=O)=O)cc(Cl)c2C)CC1. The average molecular weight is 331 g/mol. The molecule has 1 amide bonds. The van der Waals surface area contributed by atoms with Gasteiger partial charge in [-0.2, -0.15) is 0 Å². The van der Waals surface area contributed by atoms with Crippen molar-refractivity contribution in [2.24, 2.45) is 10.6 Å². The Morgan fingerprint density at radius 1 is 1.43 bits per heavy atom. The lowest BCUT2D eigenvalue weighted by molar-refractivity contribution is 0.0943. The second-order valence-corrected chi connectivity index (χ2v) is 7.63. The van der Waals surface area contributed by atoms with Crippen LogP contribution in [0.1, 0.15) is 42.1 Å². The molecule has 1 aromatic rings. The Hall–Kier alpha value is -1.11. The van der Waals surface area contributed by atoms with E-state index in [2.05, 4.69) is 12.2 Å². The first-order chi connectivity index (χ1) is 9.68. The predicted molar refractivity (Wildman–Crippen MR) is 81.9 cm³/mol. The number of rotatable bonds is 5. The van der Waals surface area contributed by atoms with Gasteiger partial charge in [-0.15, -0.1) is 0 Å². The van der Waals surface area contributed by atoms with Gasteiger partial charge < -0.3 is 5.32 Å². The summed E-state index contributed by atoms with van der Waals surface area (Å²) in [5.41, 5.74) is 1.01. The zero-order valence-electron chi connectivity index (χ0n) is 12.1. The summed E-state index contributed by atoms with van der Waals surface area (Å²) in [6.45, 7) is 4.37. The van der Waals surface area contributed by atoms with Gasteiger partial charge >= 0.3 is 0 Å². The highest BCUT2D eigenvalue weighted by Gasteiger charge is 2.40. The van der Waals surface area contributed by atoms with Crippen molar-refractivity contribution in [2.75, 3.05) is 6.54 Å². The zero-order valence-corrected chi connectivity index (χ0v) is 13.6. The van der Waals surface area contributed by atoms with E-state index in [1.807, 2.05) is 0 Å². The summed E-state index contributed by atoms with van der Waals surface area (Å²) in [5, 5.41) is 8.18. The van der Waals surface area contributed by atoms with Gasteiger partial charge in [0.15, 0.2) is 0 Å². The fourth-order valence-corrected chi connectivity index (χ4v) is 3.10. The van der Waals surface area contributed by atoms with E-state index in [1.165, 1.54) is 12.1 Å². The molecule has 0 atom stereocenters. The van der Waals surface area contributed by atoms with Crippen LogP contribution in [-0.4, -0.2) is 20.9 Å². The number of nitrogens with one attached hydrogen (secondary N) is 1. The molecule has 7 heteroatoms. The number of carbonyl (C=O) groups excluding carboxylic acids is 1. The monoisotopic (exact) mass is 330 g/mol. The predicted octanol–water partition coefficient (Wildman–Crippen LogP) is 2.22. The van der Waals surface area contributed by atoms with Crippen LogP contribution < -0.4 is 10.5 Å². The highest BCUT2D eigenvalue weighted by molar-refractivity contribution is 7.89. The van der Waals surface area contributed by atoms with Crippen LogP contribution in [0.15, 0.2) is 17.0 Å². The van der Waals surface area contributed by atoms with E-state index in [4.69, 9.17) is 16.7 Å². The Morgan fingerprint density at radius 3 is 2.52 bits per heavy atom. The highest BCUT2D eigenvalue weighted by atomic mass is 35.5. The van der Waals surface area contributed by atoms with Gasteiger partial charge in [0.25, 0.3) is 5.91 Å². The van der Waals surface area contributed by atoms with E-state index < -0.39 is 10.0 Å². The highest BCUT2D eigenvalue weighted by Crippen LogP contribution is 2.47. The lowest BCUT2D eigenvalue weighted by Gasteiger charge is -2.15. The molecule has 1 fully saturated rings. The number of primary sulfonamides is 1. The molecule has 0 unspecified atom stereocenters. The third-order valence-corrected chi connectivity index (χ3v) is 5.51. The summed E-state index contributed by atoms with van der Waals surface area (Å²) >= 11 is 6.00. The lowest BCUT2D eigenvalue weighted by atomic mass is 10.0. The van der Waals surface area contributed by atoms with E-state index in [9.17, 15) is 13.2 Å². The number of nitrogens with two attached hydrogens (primary N) is 1. The van der Waals surface area contributed by atoms with E-state index in [0.717, 1.165) is 19.3 Å². The molecule has 1 aliphatic rings. The summed E-state index contributed by atoms with van der Waals surface area (Å²) < 4.78 is 22.9. The van der Waals surface area contributed by atoms with Crippen LogP contribution in [0.3, 0.4) is 0 Å². The van der Waals surface area contributed by atoms with Crippen molar-refractivity contribution in [3.63, 3.8) is 0 Å². The average Bonchev–Trinajstić information content (AvgIpc) is 3.18. The number of sulfonamides is 1. The molecule has 5 nitrogen and oxygen atoms in total. The van der Waals surface area contributed by atoms with Crippen molar-refractivity contribution in [1.29, 1.82) is 0 Å². The Kier molecular flexibility index (Phi) is 4.33. The van der Waals surface area contributed by atoms with E-state index in [1.54, 1.807) is 6.92 Å². The molecular weight excluding hydrogens is 312 g/mol. The van der Waals surface area contributed by atoms with E-state index in [0.29, 0.717) is 12.1 Å². The van der Waals surface area contributed by atoms with Gasteiger partial charge in [0.05, 0.1) is 4.90 Å². The maximum Gasteiger partial charge on any atom is 0.251 e. The number of amides is 1. The van der Waals surface area contributed by atoms with Gasteiger partial charge in [0, 0.05) is 17.1 Å². The van der Waals surface area contributed by atoms with Crippen molar-refractivity contribution in [2.45, 2.75) is 38.0 Å². The van der Waals surface area contributed by atoms with Crippen molar-refractivity contribution in [3.8, 4) is 0 Å². The molecule has 0 aromatic heterocycles. The Bertz CT molecular complexity index is 682. The summed E-state index contributed by atoms with van der Waals surface area (Å²) in [6.07, 6.45) is 3.24. The number of carbonyl (C=O) groups is 1. The minimum Gasteiger partial charge on any atom is -0.351 e. The minimum atomic E-state index is -3.90. The van der Waals surface area contributed by atoms with Gasteiger partial charge in [-0.1, -0.05) is 18.5 Å². The van der Waals surface area contributed by atoms with Crippen LogP contribution in [0.5, 0.6) is 0 Å². The topological polar surface area (TPSA) is 89.3 Å². The van der Waals surface area contributed by atoms with Crippen molar-refractivity contribution >= 4 is 27.5 Å². The molecular formula is C14H19ClN2O3S. The van der Waals surface area contributed by atoms with Gasteiger partial charge in [-0.25, -0.2) is 13.6 Å². The van der Waals surface area contributed by atoms with Crippen molar-refractivity contribution in [1.82, 2.24) is 5.32 Å². The standard InChI is InChI=1S/C14H19ClN2O3S/c1-3-14(4-5-14)8-17-13(18)11-6-10(21(16,19)20)7-12(15)9(11)2/h6-7H,3-5,8H2,1-2H3,(H,17,18)(H2,16,19,20). The van der Waals surface area contributed by atoms with Crippen molar-refractivity contribution < 1.29 is 13.2 Å². The third-order valence-electron chi connectivity index (χ3n) is 4.22. The summed E-state index contributed by atoms with van der Waals surface area (Å²) in [7, 11) is -3.90. The van der Waals surface area contributed by atoms with Gasteiger partial charge in [0.1, 0.15) is 0 Å². The third kappa shape index (κ3) is 3.56. The molecule has 116 valence electrons. The molecule has 21 heavy (non-hydrogen) atoms. The molecule has 0 bridgehead atoms. The molecule has 0 heterocycles. The second-order valence-electron chi connectivity index (χ2n) is 5.66. The second kappa shape index (κ2) is 5.59. The molecule has 0 aliphatic heterocycles. The fraction of sp³-hybridized carbons (Fsp3) is 0.500. The van der Waals surface area contributed by atoms with Crippen LogP contribution in [0.4, 0.5) is 0 Å². The van der Waals surface area contributed by atoms with Crippen LogP contribution in [-0.2, 0) is 10.0 Å². The molecule has 0 spiro atoms. The number of halogens is 1. The zero-order chi connectivity index (χ0) is 15.8. The normalized spacial score (nSPS) is 16.6. The molecule has 1 aliphatic carbocycles. The van der Waals surface area contributed by atoms with Crippen molar-refractivity contribution in [3.05, 3.63) is 28.3 Å². The van der Waals surface area contributed by atoms with Gasteiger partial charge in [-0.3, -0.25) is 4.79 Å². The molecule has 2 rings (SSSR count). The van der Waals surface area contributed by atoms with Crippen LogP contribution in [0.2, 0.25) is 5.02 Å². The van der Waals surface area contributed by atoms with Gasteiger partial charge in [-0.05, 0) is 49.3 Å². The molecule has 1 saturated carbocycles. The first-order valence-electron chi connectivity index (χ1n) is 6.80. The summed E-state index contributed by atoms with van der Waals surface area (Å²) in [5.74, 6) is -0.320. The number of hydrogen-bond acceptors (Lipinski definition) is 3. The minimum absolute atomic E-state index is 0.153. The van der Waals surface area contributed by atoms with Crippen LogP contribution >= 0.6 is 11.6 Å². The first-order valence-corrected chi connectivity index (χ1v) is 8.72. The van der Waals surface area contributed by atoms with Crippen LogP contribution in [0.25, 0.3) is 0 Å². The maximum absolute atomic E-state index is 12.3. The van der Waals surface area contributed by atoms with E-state index in [-0.39, 0.29) is 26.8 Å². The Morgan fingerprint density at radius 2 is 2.05 bits per heavy atom. The molecule has 3 N–H and O–H groups in total. The first kappa shape index (κ1) is 16.3. The summed E-state index contributed by atoms with van der Waals surface area (Å²) in [6, 6.07) is 2.54. The largest absolute Gasteiger partial charge is 0.351 e. The summed E-state index contributed by atoms with van der Waals surface area (Å²) in [4.78, 5) is 12.1. The Balaban J connectivity index is 2.26. The smallest absolute Gasteiger partial charge is 0.251 e. The number of hydrogen-bond donors (Lipinski definition) is 2. The molecule has 0 radical (unpaired) electrons. The fourth-order valence-electron chi connectivity index (χ4n) is 2.25. The van der Waals surface area contributed by atoms with Gasteiger partial charge in [0.2, 0.25) is 10.0 Å². The maximum atomic E-state index is 12.3. The number of benzene rings is 1. The Labute approximate surface area is 129 Å².